The Morgan fingerprint density at radius 2 is 1.82 bits per heavy atom. The van der Waals surface area contributed by atoms with Crippen LogP contribution in [0.15, 0.2) is 18.2 Å². The summed E-state index contributed by atoms with van der Waals surface area (Å²) in [7, 11) is 0. The van der Waals surface area contributed by atoms with E-state index in [9.17, 15) is 8.78 Å². The molecule has 2 rings (SSSR count). The second-order valence-electron chi connectivity index (χ2n) is 2.97. The molecule has 0 aliphatic carbocycles. The zero-order valence-corrected chi connectivity index (χ0v) is 9.60. The monoisotopic (exact) mass is 276 g/mol. The number of nitrogens with zero attached hydrogens (tertiary/aromatic N) is 3. The van der Waals surface area contributed by atoms with Gasteiger partial charge in [-0.1, -0.05) is 11.6 Å². The van der Waals surface area contributed by atoms with E-state index in [1.165, 1.54) is 6.07 Å². The molecular formula is C9H4Cl2F2N4. The Morgan fingerprint density at radius 3 is 2.53 bits per heavy atom. The standard InChI is InChI=1S/C9H4Cl2F2N4/c10-7-8(15-9(11)17-16-7)14-4-1-2-5(12)6(13)3-4/h1-3H,(H,14,15,17). The minimum atomic E-state index is -0.987. The van der Waals surface area contributed by atoms with Crippen LogP contribution in [0.4, 0.5) is 20.3 Å². The van der Waals surface area contributed by atoms with Gasteiger partial charge in [0, 0.05) is 11.8 Å². The molecule has 4 nitrogen and oxygen atoms in total. The molecule has 0 fully saturated rings. The Labute approximate surface area is 105 Å². The lowest BCUT2D eigenvalue weighted by molar-refractivity contribution is 0.509. The van der Waals surface area contributed by atoms with Crippen LogP contribution in [-0.4, -0.2) is 15.2 Å². The molecule has 0 aliphatic heterocycles. The predicted molar refractivity (Wildman–Crippen MR) is 59.5 cm³/mol. The third kappa shape index (κ3) is 2.78. The fourth-order valence-electron chi connectivity index (χ4n) is 1.08. The Kier molecular flexibility index (Phi) is 3.35. The summed E-state index contributed by atoms with van der Waals surface area (Å²) < 4.78 is 25.6. The first kappa shape index (κ1) is 11.9. The van der Waals surface area contributed by atoms with Crippen molar-refractivity contribution in [1.82, 2.24) is 15.2 Å². The van der Waals surface area contributed by atoms with Gasteiger partial charge in [-0.3, -0.25) is 0 Å². The van der Waals surface area contributed by atoms with E-state index in [-0.39, 0.29) is 21.9 Å². The molecule has 8 heteroatoms. The van der Waals surface area contributed by atoms with E-state index in [4.69, 9.17) is 23.2 Å². The fraction of sp³-hybridized carbons (Fsp3) is 0. The molecule has 0 saturated carbocycles. The van der Waals surface area contributed by atoms with Crippen molar-refractivity contribution in [3.05, 3.63) is 40.3 Å². The van der Waals surface area contributed by atoms with Crippen LogP contribution in [0, 0.1) is 11.6 Å². The first-order valence-electron chi connectivity index (χ1n) is 4.34. The van der Waals surface area contributed by atoms with Crippen molar-refractivity contribution in [3.63, 3.8) is 0 Å². The zero-order valence-electron chi connectivity index (χ0n) is 8.09. The number of anilines is 2. The summed E-state index contributed by atoms with van der Waals surface area (Å²) in [5.74, 6) is -1.82. The van der Waals surface area contributed by atoms with Gasteiger partial charge in [-0.25, -0.2) is 8.78 Å². The van der Waals surface area contributed by atoms with Gasteiger partial charge in [0.25, 0.3) is 0 Å². The molecule has 2 aromatic rings. The minimum absolute atomic E-state index is 0.0286. The molecule has 1 heterocycles. The molecule has 0 saturated heterocycles. The molecule has 1 aromatic carbocycles. The molecule has 0 amide bonds. The molecule has 0 radical (unpaired) electrons. The number of rotatable bonds is 2. The van der Waals surface area contributed by atoms with E-state index in [1.807, 2.05) is 0 Å². The third-order valence-corrected chi connectivity index (χ3v) is 2.22. The van der Waals surface area contributed by atoms with E-state index in [0.29, 0.717) is 0 Å². The lowest BCUT2D eigenvalue weighted by Crippen LogP contribution is -1.99. The van der Waals surface area contributed by atoms with Crippen LogP contribution in [0.25, 0.3) is 0 Å². The number of aromatic nitrogens is 3. The first-order chi connectivity index (χ1) is 8.06. The van der Waals surface area contributed by atoms with Gasteiger partial charge in [0.15, 0.2) is 22.6 Å². The van der Waals surface area contributed by atoms with Crippen LogP contribution in [0.3, 0.4) is 0 Å². The summed E-state index contributed by atoms with van der Waals surface area (Å²) in [6.45, 7) is 0. The Hall–Kier alpha value is -1.53. The van der Waals surface area contributed by atoms with Gasteiger partial charge in [0.1, 0.15) is 0 Å². The van der Waals surface area contributed by atoms with E-state index < -0.39 is 11.6 Å². The highest BCUT2D eigenvalue weighted by Gasteiger charge is 2.08. The summed E-state index contributed by atoms with van der Waals surface area (Å²) in [6.07, 6.45) is 0. The number of halogens is 4. The minimum Gasteiger partial charge on any atom is -0.337 e. The molecule has 1 N–H and O–H groups in total. The SMILES string of the molecule is Fc1ccc(Nc2nc(Cl)nnc2Cl)cc1F. The lowest BCUT2D eigenvalue weighted by atomic mass is 10.3. The van der Waals surface area contributed by atoms with Crippen LogP contribution >= 0.6 is 23.2 Å². The molecule has 0 bridgehead atoms. The van der Waals surface area contributed by atoms with Crippen molar-refractivity contribution in [2.24, 2.45) is 0 Å². The highest BCUT2D eigenvalue weighted by molar-refractivity contribution is 6.32. The molecule has 0 atom stereocenters. The van der Waals surface area contributed by atoms with Gasteiger partial charge in [0.05, 0.1) is 0 Å². The molecule has 17 heavy (non-hydrogen) atoms. The number of hydrogen-bond donors (Lipinski definition) is 1. The van der Waals surface area contributed by atoms with E-state index in [0.717, 1.165) is 12.1 Å². The maximum atomic E-state index is 12.9. The van der Waals surface area contributed by atoms with Crippen LogP contribution < -0.4 is 5.32 Å². The van der Waals surface area contributed by atoms with Crippen LogP contribution in [-0.2, 0) is 0 Å². The van der Waals surface area contributed by atoms with Gasteiger partial charge in [-0.2, -0.15) is 4.98 Å². The van der Waals surface area contributed by atoms with E-state index in [1.54, 1.807) is 0 Å². The number of nitrogens with one attached hydrogen (secondary N) is 1. The van der Waals surface area contributed by atoms with Crippen LogP contribution in [0.1, 0.15) is 0 Å². The van der Waals surface area contributed by atoms with Crippen molar-refractivity contribution in [1.29, 1.82) is 0 Å². The first-order valence-corrected chi connectivity index (χ1v) is 5.09. The summed E-state index contributed by atoms with van der Waals surface area (Å²) >= 11 is 11.2. The van der Waals surface area contributed by atoms with E-state index >= 15 is 0 Å². The largest absolute Gasteiger partial charge is 0.337 e. The van der Waals surface area contributed by atoms with Crippen LogP contribution in [0.5, 0.6) is 0 Å². The van der Waals surface area contributed by atoms with Gasteiger partial charge in [-0.05, 0) is 23.7 Å². The average Bonchev–Trinajstić information content (AvgIpc) is 2.29. The van der Waals surface area contributed by atoms with Crippen molar-refractivity contribution in [2.75, 3.05) is 5.32 Å². The quantitative estimate of drug-likeness (QED) is 0.915. The fourth-order valence-corrected chi connectivity index (χ4v) is 1.33. The van der Waals surface area contributed by atoms with Crippen molar-refractivity contribution in [2.45, 2.75) is 0 Å². The molecule has 0 unspecified atom stereocenters. The number of hydrogen-bond acceptors (Lipinski definition) is 4. The molecule has 0 aliphatic rings. The Bertz CT molecular complexity index is 565. The van der Waals surface area contributed by atoms with Crippen molar-refractivity contribution >= 4 is 34.7 Å². The van der Waals surface area contributed by atoms with Crippen molar-refractivity contribution in [3.8, 4) is 0 Å². The third-order valence-electron chi connectivity index (χ3n) is 1.80. The highest BCUT2D eigenvalue weighted by Crippen LogP contribution is 2.22. The molecule has 0 spiro atoms. The molecule has 1 aromatic heterocycles. The zero-order chi connectivity index (χ0) is 12.4. The lowest BCUT2D eigenvalue weighted by Gasteiger charge is -2.06. The summed E-state index contributed by atoms with van der Waals surface area (Å²) in [5, 5.41) is 9.42. The Balaban J connectivity index is 2.31. The second kappa shape index (κ2) is 4.77. The average molecular weight is 277 g/mol. The van der Waals surface area contributed by atoms with Crippen molar-refractivity contribution < 1.29 is 8.78 Å². The maximum absolute atomic E-state index is 12.9. The highest BCUT2D eigenvalue weighted by atomic mass is 35.5. The van der Waals surface area contributed by atoms with E-state index in [2.05, 4.69) is 20.5 Å². The number of benzene rings is 1. The molecule has 88 valence electrons. The van der Waals surface area contributed by atoms with Gasteiger partial charge in [0.2, 0.25) is 5.28 Å². The van der Waals surface area contributed by atoms with Gasteiger partial charge >= 0.3 is 0 Å². The van der Waals surface area contributed by atoms with Gasteiger partial charge < -0.3 is 5.32 Å². The van der Waals surface area contributed by atoms with Crippen LogP contribution in [0.2, 0.25) is 10.4 Å². The Morgan fingerprint density at radius 1 is 1.06 bits per heavy atom. The van der Waals surface area contributed by atoms with Gasteiger partial charge in [-0.15, -0.1) is 10.2 Å². The summed E-state index contributed by atoms with van der Waals surface area (Å²) in [6, 6.07) is 3.26. The normalized spacial score (nSPS) is 10.4. The summed E-state index contributed by atoms with van der Waals surface area (Å²) in [4.78, 5) is 3.75. The maximum Gasteiger partial charge on any atom is 0.245 e. The summed E-state index contributed by atoms with van der Waals surface area (Å²) in [5.41, 5.74) is 0.266. The predicted octanol–water partition coefficient (Wildman–Crippen LogP) is 3.20. The second-order valence-corrected chi connectivity index (χ2v) is 3.67. The topological polar surface area (TPSA) is 50.7 Å². The smallest absolute Gasteiger partial charge is 0.245 e. The molecular weight excluding hydrogens is 273 g/mol.